The van der Waals surface area contributed by atoms with Gasteiger partial charge in [0, 0.05) is 19.7 Å². The van der Waals surface area contributed by atoms with Gasteiger partial charge in [0.2, 0.25) is 5.95 Å². The van der Waals surface area contributed by atoms with Crippen molar-refractivity contribution in [2.75, 3.05) is 16.8 Å². The van der Waals surface area contributed by atoms with Crippen LogP contribution in [0.4, 0.5) is 11.8 Å². The van der Waals surface area contributed by atoms with Crippen LogP contribution < -0.4 is 10.2 Å². The molecule has 0 radical (unpaired) electrons. The maximum Gasteiger partial charge on any atom is 0.250 e. The lowest BCUT2D eigenvalue weighted by Gasteiger charge is -2.32. The molecule has 4 rings (SSSR count). The zero-order valence-electron chi connectivity index (χ0n) is 13.8. The number of aryl methyl sites for hydroxylation is 2. The lowest BCUT2D eigenvalue weighted by Crippen LogP contribution is -2.48. The minimum absolute atomic E-state index is 0.0599. The predicted molar refractivity (Wildman–Crippen MR) is 93.0 cm³/mol. The Balaban J connectivity index is 1.57. The number of fused-ring (bicyclic) bond motifs is 1. The fourth-order valence-electron chi connectivity index (χ4n) is 3.27. The van der Waals surface area contributed by atoms with Crippen LogP contribution in [0.2, 0.25) is 0 Å². The molecule has 24 heavy (non-hydrogen) atoms. The van der Waals surface area contributed by atoms with E-state index >= 15 is 0 Å². The highest BCUT2D eigenvalue weighted by atomic mass is 16.2. The first-order valence-corrected chi connectivity index (χ1v) is 8.15. The number of hydrogen-bond donors (Lipinski definition) is 2. The summed E-state index contributed by atoms with van der Waals surface area (Å²) < 4.78 is 1.76. The molecule has 0 aliphatic carbocycles. The van der Waals surface area contributed by atoms with Gasteiger partial charge >= 0.3 is 0 Å². The van der Waals surface area contributed by atoms with Gasteiger partial charge in [-0.25, -0.2) is 4.98 Å². The first-order valence-electron chi connectivity index (χ1n) is 8.15. The number of carbonyl (C=O) groups excluding carboxylic acids is 1. The molecule has 1 saturated heterocycles. The van der Waals surface area contributed by atoms with Crippen LogP contribution >= 0.6 is 0 Å². The highest BCUT2D eigenvalue weighted by Gasteiger charge is 2.31. The lowest BCUT2D eigenvalue weighted by atomic mass is 10.0. The van der Waals surface area contributed by atoms with E-state index in [4.69, 9.17) is 0 Å². The zero-order valence-corrected chi connectivity index (χ0v) is 13.8. The summed E-state index contributed by atoms with van der Waals surface area (Å²) in [6.45, 7) is 2.65. The van der Waals surface area contributed by atoms with Gasteiger partial charge in [-0.1, -0.05) is 12.1 Å². The van der Waals surface area contributed by atoms with Crippen molar-refractivity contribution < 1.29 is 4.79 Å². The molecule has 3 heterocycles. The Morgan fingerprint density at radius 1 is 1.33 bits per heavy atom. The van der Waals surface area contributed by atoms with Crippen LogP contribution in [0.25, 0.3) is 11.0 Å². The topological polar surface area (TPSA) is 78.8 Å². The minimum atomic E-state index is -0.283. The summed E-state index contributed by atoms with van der Waals surface area (Å²) in [6, 6.07) is 9.50. The molecule has 2 aromatic heterocycles. The summed E-state index contributed by atoms with van der Waals surface area (Å²) in [4.78, 5) is 22.4. The molecule has 1 atom stereocenters. The van der Waals surface area contributed by atoms with E-state index in [1.54, 1.807) is 4.68 Å². The summed E-state index contributed by atoms with van der Waals surface area (Å²) in [5.74, 6) is 1.54. The molecule has 7 nitrogen and oxygen atoms in total. The van der Waals surface area contributed by atoms with Gasteiger partial charge < -0.3 is 10.3 Å². The number of hydrogen-bond acceptors (Lipinski definition) is 4. The SMILES string of the molecule is Cc1cc(N2CCCC(Nc3nc4ccccc4[nH]3)C2=O)n(C)n1. The van der Waals surface area contributed by atoms with Gasteiger partial charge in [0.15, 0.2) is 0 Å². The van der Waals surface area contributed by atoms with E-state index in [2.05, 4.69) is 20.4 Å². The Hall–Kier alpha value is -2.83. The fraction of sp³-hybridized carbons (Fsp3) is 0.353. The first kappa shape index (κ1) is 14.7. The molecule has 1 fully saturated rings. The van der Waals surface area contributed by atoms with Gasteiger partial charge in [-0.3, -0.25) is 14.4 Å². The third kappa shape index (κ3) is 2.51. The van der Waals surface area contributed by atoms with Crippen LogP contribution in [0.15, 0.2) is 30.3 Å². The second-order valence-corrected chi connectivity index (χ2v) is 6.20. The Morgan fingerprint density at radius 3 is 2.92 bits per heavy atom. The number of amides is 1. The average molecular weight is 324 g/mol. The number of nitrogens with zero attached hydrogens (tertiary/aromatic N) is 4. The predicted octanol–water partition coefficient (Wildman–Crippen LogP) is 2.21. The lowest BCUT2D eigenvalue weighted by molar-refractivity contribution is -0.120. The van der Waals surface area contributed by atoms with Crippen LogP contribution in [0, 0.1) is 6.92 Å². The molecular formula is C17H20N6O. The first-order chi connectivity index (χ1) is 11.6. The number of imidazole rings is 1. The van der Waals surface area contributed by atoms with Gasteiger partial charge in [0.25, 0.3) is 5.91 Å². The number of aromatic amines is 1. The molecular weight excluding hydrogens is 304 g/mol. The van der Waals surface area contributed by atoms with Crippen molar-refractivity contribution >= 4 is 28.7 Å². The van der Waals surface area contributed by atoms with E-state index < -0.39 is 0 Å². The van der Waals surface area contributed by atoms with Crippen LogP contribution in [0.3, 0.4) is 0 Å². The van der Waals surface area contributed by atoms with Crippen molar-refractivity contribution in [3.8, 4) is 0 Å². The molecule has 2 N–H and O–H groups in total. The molecule has 0 saturated carbocycles. The van der Waals surface area contributed by atoms with Gasteiger partial charge in [0.1, 0.15) is 11.9 Å². The van der Waals surface area contributed by atoms with E-state index in [1.807, 2.05) is 49.2 Å². The quantitative estimate of drug-likeness (QED) is 0.774. The monoisotopic (exact) mass is 324 g/mol. The Kier molecular flexibility index (Phi) is 3.48. The number of piperidine rings is 1. The molecule has 124 valence electrons. The summed E-state index contributed by atoms with van der Waals surface area (Å²) in [5, 5.41) is 7.60. The van der Waals surface area contributed by atoms with Crippen molar-refractivity contribution in [1.82, 2.24) is 19.7 Å². The van der Waals surface area contributed by atoms with Crippen LogP contribution in [0.5, 0.6) is 0 Å². The van der Waals surface area contributed by atoms with Crippen molar-refractivity contribution in [2.45, 2.75) is 25.8 Å². The fourth-order valence-corrected chi connectivity index (χ4v) is 3.27. The molecule has 1 amide bonds. The smallest absolute Gasteiger partial charge is 0.250 e. The number of H-pyrrole nitrogens is 1. The maximum absolute atomic E-state index is 12.9. The number of nitrogens with one attached hydrogen (secondary N) is 2. The second kappa shape index (κ2) is 5.67. The number of benzene rings is 1. The Labute approximate surface area is 139 Å². The molecule has 1 aliphatic rings. The van der Waals surface area contributed by atoms with Gasteiger partial charge in [0.05, 0.1) is 16.7 Å². The molecule has 0 spiro atoms. The molecule has 0 bridgehead atoms. The van der Waals surface area contributed by atoms with Gasteiger partial charge in [-0.05, 0) is 31.9 Å². The number of aromatic nitrogens is 4. The van der Waals surface area contributed by atoms with Gasteiger partial charge in [-0.15, -0.1) is 0 Å². The summed E-state index contributed by atoms with van der Waals surface area (Å²) in [5.41, 5.74) is 2.76. The van der Waals surface area contributed by atoms with Crippen LogP contribution in [0.1, 0.15) is 18.5 Å². The Morgan fingerprint density at radius 2 is 2.17 bits per heavy atom. The van der Waals surface area contributed by atoms with Gasteiger partial charge in [-0.2, -0.15) is 5.10 Å². The van der Waals surface area contributed by atoms with Crippen LogP contribution in [-0.2, 0) is 11.8 Å². The third-order valence-corrected chi connectivity index (χ3v) is 4.39. The van der Waals surface area contributed by atoms with Crippen molar-refractivity contribution in [3.05, 3.63) is 36.0 Å². The molecule has 7 heteroatoms. The molecule has 1 unspecified atom stereocenters. The second-order valence-electron chi connectivity index (χ2n) is 6.20. The maximum atomic E-state index is 12.9. The normalized spacial score (nSPS) is 18.3. The number of para-hydroxylation sites is 2. The molecule has 3 aromatic rings. The highest BCUT2D eigenvalue weighted by molar-refractivity contribution is 5.98. The summed E-state index contributed by atoms with van der Waals surface area (Å²) in [6.07, 6.45) is 1.73. The van der Waals surface area contributed by atoms with Crippen LogP contribution in [-0.4, -0.2) is 38.2 Å². The summed E-state index contributed by atoms with van der Waals surface area (Å²) in [7, 11) is 1.87. The number of carbonyl (C=O) groups is 1. The van der Waals surface area contributed by atoms with Crippen molar-refractivity contribution in [1.29, 1.82) is 0 Å². The Bertz CT molecular complexity index is 863. The summed E-state index contributed by atoms with van der Waals surface area (Å²) >= 11 is 0. The third-order valence-electron chi connectivity index (χ3n) is 4.39. The minimum Gasteiger partial charge on any atom is -0.344 e. The van der Waals surface area contributed by atoms with E-state index in [0.29, 0.717) is 5.95 Å². The van der Waals surface area contributed by atoms with E-state index in [1.165, 1.54) is 0 Å². The van der Waals surface area contributed by atoms with E-state index in [0.717, 1.165) is 41.9 Å². The number of rotatable bonds is 3. The molecule has 1 aromatic carbocycles. The average Bonchev–Trinajstić information content (AvgIpc) is 3.11. The largest absolute Gasteiger partial charge is 0.344 e. The highest BCUT2D eigenvalue weighted by Crippen LogP contribution is 2.23. The van der Waals surface area contributed by atoms with Crippen molar-refractivity contribution in [3.63, 3.8) is 0 Å². The van der Waals surface area contributed by atoms with E-state index in [9.17, 15) is 4.79 Å². The zero-order chi connectivity index (χ0) is 16.7. The van der Waals surface area contributed by atoms with E-state index in [-0.39, 0.29) is 11.9 Å². The number of anilines is 2. The molecule has 1 aliphatic heterocycles. The van der Waals surface area contributed by atoms with Crippen molar-refractivity contribution in [2.24, 2.45) is 7.05 Å². The standard InChI is InChI=1S/C17H20N6O/c1-11-10-15(22(2)21-11)23-9-5-8-14(16(23)24)20-17-18-12-6-3-4-7-13(12)19-17/h3-4,6-7,10,14H,5,8-9H2,1-2H3,(H2,18,19,20).